The van der Waals surface area contributed by atoms with Crippen LogP contribution < -0.4 is 10.0 Å². The molecule has 2 aromatic heterocycles. The Bertz CT molecular complexity index is 635. The number of imidazole rings is 1. The summed E-state index contributed by atoms with van der Waals surface area (Å²) in [5.74, 6) is 0. The molecule has 0 spiro atoms. The van der Waals surface area contributed by atoms with Crippen LogP contribution in [0.25, 0.3) is 0 Å². The number of hydrogen-bond acceptors (Lipinski definition) is 5. The first-order chi connectivity index (χ1) is 10.1. The molecule has 2 heterocycles. The Morgan fingerprint density at radius 3 is 2.90 bits per heavy atom. The molecule has 0 fully saturated rings. The average molecular weight is 328 g/mol. The summed E-state index contributed by atoms with van der Waals surface area (Å²) < 4.78 is 29.1. The first kappa shape index (κ1) is 16.2. The van der Waals surface area contributed by atoms with Gasteiger partial charge in [-0.2, -0.15) is 0 Å². The molecule has 8 heteroatoms. The van der Waals surface area contributed by atoms with Crippen molar-refractivity contribution in [2.45, 2.75) is 30.6 Å². The molecule has 0 atom stereocenters. The molecule has 2 aromatic rings. The van der Waals surface area contributed by atoms with Crippen LogP contribution in [-0.2, 0) is 23.1 Å². The van der Waals surface area contributed by atoms with Gasteiger partial charge in [0.1, 0.15) is 4.21 Å². The number of rotatable bonds is 9. The normalized spacial score (nSPS) is 11.9. The summed E-state index contributed by atoms with van der Waals surface area (Å²) in [6.07, 6.45) is 6.20. The Morgan fingerprint density at radius 1 is 1.33 bits per heavy atom. The van der Waals surface area contributed by atoms with Gasteiger partial charge in [-0.3, -0.25) is 0 Å². The Kier molecular flexibility index (Phi) is 5.92. The number of nitrogens with zero attached hydrogens (tertiary/aromatic N) is 2. The van der Waals surface area contributed by atoms with E-state index in [1.165, 1.54) is 11.3 Å². The average Bonchev–Trinajstić information content (AvgIpc) is 3.10. The van der Waals surface area contributed by atoms with Gasteiger partial charge >= 0.3 is 0 Å². The van der Waals surface area contributed by atoms with Crippen molar-refractivity contribution in [3.63, 3.8) is 0 Å². The van der Waals surface area contributed by atoms with E-state index in [9.17, 15) is 8.42 Å². The van der Waals surface area contributed by atoms with Gasteiger partial charge in [0, 0.05) is 36.9 Å². The first-order valence-electron chi connectivity index (χ1n) is 6.86. The number of thiophene rings is 1. The van der Waals surface area contributed by atoms with Crippen LogP contribution >= 0.6 is 11.3 Å². The standard InChI is InChI=1S/C13H20N4O2S2/c1-2-5-14-10-12-3-4-13(20-12)21(18,19)16-7-9-17-8-6-15-11-17/h3-4,6,8,11,14,16H,2,5,7,9-10H2,1H3. The molecule has 0 aromatic carbocycles. The lowest BCUT2D eigenvalue weighted by Crippen LogP contribution is -2.26. The number of nitrogens with one attached hydrogen (secondary N) is 2. The molecule has 2 N–H and O–H groups in total. The van der Waals surface area contributed by atoms with Gasteiger partial charge in [-0.25, -0.2) is 18.1 Å². The molecular weight excluding hydrogens is 308 g/mol. The van der Waals surface area contributed by atoms with E-state index in [1.54, 1.807) is 24.8 Å². The van der Waals surface area contributed by atoms with Crippen LogP contribution in [0.4, 0.5) is 0 Å². The van der Waals surface area contributed by atoms with Crippen LogP contribution in [0.2, 0.25) is 0 Å². The van der Waals surface area contributed by atoms with Gasteiger partial charge in [-0.05, 0) is 25.1 Å². The molecule has 0 aliphatic carbocycles. The van der Waals surface area contributed by atoms with Gasteiger partial charge in [-0.15, -0.1) is 11.3 Å². The fourth-order valence-corrected chi connectivity index (χ4v) is 4.18. The quantitative estimate of drug-likeness (QED) is 0.683. The predicted octanol–water partition coefficient (Wildman–Crippen LogP) is 1.42. The maximum absolute atomic E-state index is 12.2. The molecular formula is C13H20N4O2S2. The second-order valence-electron chi connectivity index (χ2n) is 4.60. The van der Waals surface area contributed by atoms with Crippen molar-refractivity contribution in [2.24, 2.45) is 0 Å². The van der Waals surface area contributed by atoms with E-state index >= 15 is 0 Å². The van der Waals surface area contributed by atoms with Gasteiger partial charge in [0.05, 0.1) is 6.33 Å². The van der Waals surface area contributed by atoms with E-state index in [4.69, 9.17) is 0 Å². The van der Waals surface area contributed by atoms with Crippen molar-refractivity contribution in [1.82, 2.24) is 19.6 Å². The second-order valence-corrected chi connectivity index (χ2v) is 7.76. The summed E-state index contributed by atoms with van der Waals surface area (Å²) in [5, 5.41) is 3.26. The zero-order chi connectivity index (χ0) is 15.1. The Hall–Kier alpha value is -1.22. The lowest BCUT2D eigenvalue weighted by Gasteiger charge is -2.05. The van der Waals surface area contributed by atoms with Crippen LogP contribution in [0.1, 0.15) is 18.2 Å². The lowest BCUT2D eigenvalue weighted by molar-refractivity contribution is 0.575. The third kappa shape index (κ3) is 4.92. The smallest absolute Gasteiger partial charge is 0.250 e. The molecule has 0 amide bonds. The van der Waals surface area contributed by atoms with Crippen LogP contribution in [0.5, 0.6) is 0 Å². The predicted molar refractivity (Wildman–Crippen MR) is 83.7 cm³/mol. The van der Waals surface area contributed by atoms with E-state index in [0.29, 0.717) is 23.8 Å². The molecule has 6 nitrogen and oxygen atoms in total. The molecule has 0 unspecified atom stereocenters. The highest BCUT2D eigenvalue weighted by molar-refractivity contribution is 7.91. The number of hydrogen-bond donors (Lipinski definition) is 2. The van der Waals surface area contributed by atoms with Crippen LogP contribution in [0, 0.1) is 0 Å². The van der Waals surface area contributed by atoms with E-state index in [1.807, 2.05) is 10.6 Å². The Labute approximate surface area is 129 Å². The van der Waals surface area contributed by atoms with Crippen molar-refractivity contribution in [3.8, 4) is 0 Å². The van der Waals surface area contributed by atoms with E-state index in [2.05, 4.69) is 21.9 Å². The summed E-state index contributed by atoms with van der Waals surface area (Å²) >= 11 is 1.31. The largest absolute Gasteiger partial charge is 0.336 e. The highest BCUT2D eigenvalue weighted by atomic mass is 32.2. The maximum atomic E-state index is 12.2. The molecule has 2 rings (SSSR count). The van der Waals surface area contributed by atoms with Gasteiger partial charge in [-0.1, -0.05) is 6.92 Å². The van der Waals surface area contributed by atoms with Gasteiger partial charge < -0.3 is 9.88 Å². The lowest BCUT2D eigenvalue weighted by atomic mass is 10.4. The zero-order valence-corrected chi connectivity index (χ0v) is 13.6. The van der Waals surface area contributed by atoms with Gasteiger partial charge in [0.25, 0.3) is 0 Å². The van der Waals surface area contributed by atoms with Crippen molar-refractivity contribution in [3.05, 3.63) is 35.7 Å². The Morgan fingerprint density at radius 2 is 2.19 bits per heavy atom. The minimum absolute atomic E-state index is 0.347. The van der Waals surface area contributed by atoms with Crippen molar-refractivity contribution in [1.29, 1.82) is 0 Å². The Balaban J connectivity index is 1.86. The van der Waals surface area contributed by atoms with E-state index < -0.39 is 10.0 Å². The van der Waals surface area contributed by atoms with Crippen LogP contribution in [0.3, 0.4) is 0 Å². The molecule has 0 saturated carbocycles. The number of sulfonamides is 1. The highest BCUT2D eigenvalue weighted by Gasteiger charge is 2.16. The number of aromatic nitrogens is 2. The molecule has 0 saturated heterocycles. The molecule has 0 radical (unpaired) electrons. The summed E-state index contributed by atoms with van der Waals surface area (Å²) in [5.41, 5.74) is 0. The van der Waals surface area contributed by atoms with E-state index in [-0.39, 0.29) is 0 Å². The fourth-order valence-electron chi connectivity index (χ4n) is 1.79. The van der Waals surface area contributed by atoms with Crippen molar-refractivity contribution < 1.29 is 8.42 Å². The monoisotopic (exact) mass is 328 g/mol. The molecule has 0 aliphatic heterocycles. The second kappa shape index (κ2) is 7.69. The van der Waals surface area contributed by atoms with Crippen molar-refractivity contribution in [2.75, 3.05) is 13.1 Å². The van der Waals surface area contributed by atoms with Gasteiger partial charge in [0.2, 0.25) is 10.0 Å². The minimum atomic E-state index is -3.42. The van der Waals surface area contributed by atoms with Crippen molar-refractivity contribution >= 4 is 21.4 Å². The summed E-state index contributed by atoms with van der Waals surface area (Å²) in [6, 6.07) is 3.52. The van der Waals surface area contributed by atoms with Crippen LogP contribution in [0.15, 0.2) is 35.1 Å². The third-order valence-electron chi connectivity index (χ3n) is 2.85. The summed E-state index contributed by atoms with van der Waals surface area (Å²) in [7, 11) is -3.42. The highest BCUT2D eigenvalue weighted by Crippen LogP contribution is 2.21. The topological polar surface area (TPSA) is 76.0 Å². The molecule has 0 bridgehead atoms. The molecule has 0 aliphatic rings. The van der Waals surface area contributed by atoms with Gasteiger partial charge in [0.15, 0.2) is 0 Å². The summed E-state index contributed by atoms with van der Waals surface area (Å²) in [4.78, 5) is 4.94. The maximum Gasteiger partial charge on any atom is 0.250 e. The van der Waals surface area contributed by atoms with Crippen LogP contribution in [-0.4, -0.2) is 31.1 Å². The molecule has 21 heavy (non-hydrogen) atoms. The summed E-state index contributed by atoms with van der Waals surface area (Å²) in [6.45, 7) is 4.66. The fraction of sp³-hybridized carbons (Fsp3) is 0.462. The molecule has 116 valence electrons. The van der Waals surface area contributed by atoms with E-state index in [0.717, 1.165) is 17.8 Å². The first-order valence-corrected chi connectivity index (χ1v) is 9.16. The minimum Gasteiger partial charge on any atom is -0.336 e. The zero-order valence-electron chi connectivity index (χ0n) is 11.9. The SMILES string of the molecule is CCCNCc1ccc(S(=O)(=O)NCCn2ccnc2)s1. The third-order valence-corrected chi connectivity index (χ3v) is 5.89.